The Bertz CT molecular complexity index is 1360. The number of aromatic nitrogens is 2. The molecule has 0 bridgehead atoms. The lowest BCUT2D eigenvalue weighted by Crippen LogP contribution is -2.11. The Kier molecular flexibility index (Phi) is 5.35. The lowest BCUT2D eigenvalue weighted by atomic mass is 9.98. The summed E-state index contributed by atoms with van der Waals surface area (Å²) in [5.74, 6) is 0. The minimum absolute atomic E-state index is 0.964. The fraction of sp³-hybridized carbons (Fsp3) is 0.138. The van der Waals surface area contributed by atoms with E-state index in [1.165, 1.54) is 10.9 Å². The molecule has 0 saturated carbocycles. The van der Waals surface area contributed by atoms with Crippen LogP contribution in [0.3, 0.4) is 0 Å². The van der Waals surface area contributed by atoms with E-state index in [2.05, 4.69) is 134 Å². The fourth-order valence-corrected chi connectivity index (χ4v) is 4.43. The number of aromatic amines is 1. The maximum atomic E-state index is 5.19. The van der Waals surface area contributed by atoms with Crippen LogP contribution >= 0.6 is 0 Å². The van der Waals surface area contributed by atoms with E-state index in [9.17, 15) is 0 Å². The molecule has 3 aromatic carbocycles. The number of pyridine rings is 1. The predicted octanol–water partition coefficient (Wildman–Crippen LogP) is 6.70. The van der Waals surface area contributed by atoms with Gasteiger partial charge in [-0.15, -0.1) is 0 Å². The zero-order chi connectivity index (χ0) is 22.9. The highest BCUT2D eigenvalue weighted by atomic mass is 15.1. The largest absolute Gasteiger partial charge is 0.377 e. The van der Waals surface area contributed by atoms with E-state index in [4.69, 9.17) is 4.98 Å². The number of rotatable bonds is 5. The third kappa shape index (κ3) is 3.85. The molecule has 0 saturated heterocycles. The Labute approximate surface area is 195 Å². The highest BCUT2D eigenvalue weighted by Crippen LogP contribution is 2.38. The molecule has 5 rings (SSSR count). The van der Waals surface area contributed by atoms with Crippen molar-refractivity contribution in [2.24, 2.45) is 0 Å². The maximum Gasteiger partial charge on any atom is 0.0736 e. The fourth-order valence-electron chi connectivity index (χ4n) is 4.43. The summed E-state index contributed by atoms with van der Waals surface area (Å²) in [4.78, 5) is 12.9. The molecule has 4 nitrogen and oxygen atoms in total. The summed E-state index contributed by atoms with van der Waals surface area (Å²) in [6.07, 6.45) is 2.10. The van der Waals surface area contributed by atoms with Gasteiger partial charge in [-0.3, -0.25) is 0 Å². The minimum Gasteiger partial charge on any atom is -0.377 e. The van der Waals surface area contributed by atoms with Crippen LogP contribution in [-0.4, -0.2) is 38.2 Å². The van der Waals surface area contributed by atoms with Gasteiger partial charge >= 0.3 is 0 Å². The molecule has 0 aliphatic rings. The zero-order valence-electron chi connectivity index (χ0n) is 19.5. The molecule has 0 aliphatic carbocycles. The van der Waals surface area contributed by atoms with Crippen LogP contribution in [0.15, 0.2) is 91.1 Å². The van der Waals surface area contributed by atoms with Crippen molar-refractivity contribution >= 4 is 22.3 Å². The number of anilines is 2. The van der Waals surface area contributed by atoms with Crippen molar-refractivity contribution in [3.05, 3.63) is 91.1 Å². The monoisotopic (exact) mass is 432 g/mol. The summed E-state index contributed by atoms with van der Waals surface area (Å²) < 4.78 is 0. The number of benzene rings is 3. The second-order valence-electron chi connectivity index (χ2n) is 8.70. The summed E-state index contributed by atoms with van der Waals surface area (Å²) in [7, 11) is 8.30. The molecule has 2 heterocycles. The van der Waals surface area contributed by atoms with Crippen LogP contribution in [0.4, 0.5) is 11.4 Å². The number of nitrogens with zero attached hydrogens (tertiary/aromatic N) is 3. The summed E-state index contributed by atoms with van der Waals surface area (Å²) >= 11 is 0. The highest BCUT2D eigenvalue weighted by molar-refractivity contribution is 5.97. The van der Waals surface area contributed by atoms with Crippen LogP contribution in [0.25, 0.3) is 44.5 Å². The van der Waals surface area contributed by atoms with Crippen LogP contribution in [0, 0.1) is 0 Å². The van der Waals surface area contributed by atoms with Gasteiger partial charge in [0.1, 0.15) is 0 Å². The molecule has 0 amide bonds. The zero-order valence-corrected chi connectivity index (χ0v) is 19.5. The molecule has 2 aromatic heterocycles. The molecule has 0 unspecified atom stereocenters. The SMILES string of the molecule is CN(C)c1ccccc1-c1cc(-c2c[nH]c3ccccc23)cc(-c2ccccc2N(C)C)n1. The Morgan fingerprint density at radius 3 is 1.70 bits per heavy atom. The first-order valence-corrected chi connectivity index (χ1v) is 11.1. The van der Waals surface area contributed by atoms with E-state index in [-0.39, 0.29) is 0 Å². The first-order chi connectivity index (χ1) is 16.0. The van der Waals surface area contributed by atoms with E-state index >= 15 is 0 Å². The molecule has 0 fully saturated rings. The number of hydrogen-bond donors (Lipinski definition) is 1. The average Bonchev–Trinajstić information content (AvgIpc) is 3.28. The van der Waals surface area contributed by atoms with Gasteiger partial charge < -0.3 is 14.8 Å². The first kappa shape index (κ1) is 20.8. The summed E-state index contributed by atoms with van der Waals surface area (Å²) in [5, 5.41) is 1.21. The van der Waals surface area contributed by atoms with Crippen LogP contribution < -0.4 is 9.80 Å². The van der Waals surface area contributed by atoms with Crippen molar-refractivity contribution in [1.82, 2.24) is 9.97 Å². The number of para-hydroxylation sites is 3. The lowest BCUT2D eigenvalue weighted by Gasteiger charge is -2.20. The smallest absolute Gasteiger partial charge is 0.0736 e. The van der Waals surface area contributed by atoms with Crippen molar-refractivity contribution in [2.75, 3.05) is 38.0 Å². The minimum atomic E-state index is 0.964. The number of hydrogen-bond acceptors (Lipinski definition) is 3. The molecule has 0 radical (unpaired) electrons. The van der Waals surface area contributed by atoms with Crippen molar-refractivity contribution in [3.63, 3.8) is 0 Å². The van der Waals surface area contributed by atoms with Gasteiger partial charge in [0, 0.05) is 73.4 Å². The van der Waals surface area contributed by atoms with E-state index < -0.39 is 0 Å². The van der Waals surface area contributed by atoms with Gasteiger partial charge in [0.25, 0.3) is 0 Å². The second-order valence-corrected chi connectivity index (χ2v) is 8.70. The van der Waals surface area contributed by atoms with E-state index in [1.54, 1.807) is 0 Å². The average molecular weight is 433 g/mol. The Hall–Kier alpha value is -4.05. The number of H-pyrrole nitrogens is 1. The summed E-state index contributed by atoms with van der Waals surface area (Å²) in [5.41, 5.74) is 9.92. The Balaban J connectivity index is 1.80. The van der Waals surface area contributed by atoms with Gasteiger partial charge in [-0.25, -0.2) is 4.98 Å². The van der Waals surface area contributed by atoms with Crippen LogP contribution in [0.2, 0.25) is 0 Å². The second kappa shape index (κ2) is 8.47. The third-order valence-corrected chi connectivity index (χ3v) is 6.05. The van der Waals surface area contributed by atoms with Crippen molar-refractivity contribution in [3.8, 4) is 33.6 Å². The molecule has 4 heteroatoms. The molecule has 0 spiro atoms. The van der Waals surface area contributed by atoms with Crippen molar-refractivity contribution in [1.29, 1.82) is 0 Å². The molecular formula is C29H28N4. The van der Waals surface area contributed by atoms with E-state index in [0.717, 1.165) is 45.0 Å². The van der Waals surface area contributed by atoms with Crippen LogP contribution in [0.5, 0.6) is 0 Å². The molecule has 0 atom stereocenters. The van der Waals surface area contributed by atoms with Gasteiger partial charge in [-0.05, 0) is 35.9 Å². The van der Waals surface area contributed by atoms with Gasteiger partial charge in [-0.1, -0.05) is 54.6 Å². The van der Waals surface area contributed by atoms with Crippen LogP contribution in [-0.2, 0) is 0 Å². The number of nitrogens with one attached hydrogen (secondary N) is 1. The molecule has 164 valence electrons. The molecule has 5 aromatic rings. The molecular weight excluding hydrogens is 404 g/mol. The third-order valence-electron chi connectivity index (χ3n) is 6.05. The van der Waals surface area contributed by atoms with Gasteiger partial charge in [-0.2, -0.15) is 0 Å². The normalized spacial score (nSPS) is 11.0. The molecule has 0 aliphatic heterocycles. The van der Waals surface area contributed by atoms with Gasteiger partial charge in [0.15, 0.2) is 0 Å². The predicted molar refractivity (Wildman–Crippen MR) is 141 cm³/mol. The Morgan fingerprint density at radius 2 is 1.12 bits per heavy atom. The molecule has 1 N–H and O–H groups in total. The lowest BCUT2D eigenvalue weighted by molar-refractivity contribution is 1.12. The first-order valence-electron chi connectivity index (χ1n) is 11.1. The van der Waals surface area contributed by atoms with Crippen molar-refractivity contribution < 1.29 is 0 Å². The number of fused-ring (bicyclic) bond motifs is 1. The maximum absolute atomic E-state index is 5.19. The topological polar surface area (TPSA) is 35.2 Å². The summed E-state index contributed by atoms with van der Waals surface area (Å²) in [6, 6.07) is 29.7. The van der Waals surface area contributed by atoms with Gasteiger partial charge in [0.2, 0.25) is 0 Å². The van der Waals surface area contributed by atoms with E-state index in [1.807, 2.05) is 0 Å². The standard InChI is InChI=1S/C29H28N4/c1-32(2)28-15-9-6-12-22(28)26-17-20(24-19-30-25-14-8-5-11-21(24)25)18-27(31-26)23-13-7-10-16-29(23)33(3)4/h5-19,30H,1-4H3. The molecule has 33 heavy (non-hydrogen) atoms. The van der Waals surface area contributed by atoms with Crippen LogP contribution in [0.1, 0.15) is 0 Å². The van der Waals surface area contributed by atoms with Crippen molar-refractivity contribution in [2.45, 2.75) is 0 Å². The quantitative estimate of drug-likeness (QED) is 0.336. The summed E-state index contributed by atoms with van der Waals surface area (Å²) in [6.45, 7) is 0. The van der Waals surface area contributed by atoms with E-state index in [0.29, 0.717) is 0 Å². The highest BCUT2D eigenvalue weighted by Gasteiger charge is 2.16. The Morgan fingerprint density at radius 1 is 0.606 bits per heavy atom. The van der Waals surface area contributed by atoms with Gasteiger partial charge in [0.05, 0.1) is 11.4 Å².